The van der Waals surface area contributed by atoms with Gasteiger partial charge in [0.25, 0.3) is 0 Å². The summed E-state index contributed by atoms with van der Waals surface area (Å²) in [4.78, 5) is 2.26. The average molecular weight is 494 g/mol. The third-order valence-electron chi connectivity index (χ3n) is 6.92. The minimum absolute atomic E-state index is 0.105. The second-order valence-corrected chi connectivity index (χ2v) is 9.13. The van der Waals surface area contributed by atoms with Crippen LogP contribution < -0.4 is 14.8 Å². The van der Waals surface area contributed by atoms with Gasteiger partial charge in [-0.2, -0.15) is 0 Å². The number of para-hydroxylation sites is 3. The zero-order valence-corrected chi connectivity index (χ0v) is 19.9. The molecule has 8 heteroatoms. The summed E-state index contributed by atoms with van der Waals surface area (Å²) in [5.41, 5.74) is 3.79. The quantitative estimate of drug-likeness (QED) is 0.452. The number of morpholine rings is 1. The lowest BCUT2D eigenvalue weighted by Gasteiger charge is -2.48. The fraction of sp³-hybridized carbons (Fsp3) is 0.286. The lowest BCUT2D eigenvalue weighted by atomic mass is 9.92. The van der Waals surface area contributed by atoms with Crippen LogP contribution in [0.2, 0.25) is 0 Å². The van der Waals surface area contributed by atoms with Gasteiger partial charge in [-0.1, -0.05) is 30.3 Å². The van der Waals surface area contributed by atoms with Crippen LogP contribution in [0.4, 0.5) is 24.5 Å². The summed E-state index contributed by atoms with van der Waals surface area (Å²) in [6.45, 7) is 5.80. The van der Waals surface area contributed by atoms with Gasteiger partial charge in [0.2, 0.25) is 0 Å². The van der Waals surface area contributed by atoms with Crippen molar-refractivity contribution in [1.29, 1.82) is 0 Å². The van der Waals surface area contributed by atoms with E-state index in [0.717, 1.165) is 41.9 Å². The van der Waals surface area contributed by atoms with Crippen LogP contribution in [0, 0.1) is 17.5 Å². The first-order valence-electron chi connectivity index (χ1n) is 12.1. The molecule has 1 unspecified atom stereocenters. The molecule has 0 N–H and O–H groups in total. The highest BCUT2D eigenvalue weighted by atomic mass is 19.2. The van der Waals surface area contributed by atoms with Gasteiger partial charge >= 0.3 is 0 Å². The second kappa shape index (κ2) is 9.09. The lowest BCUT2D eigenvalue weighted by Crippen LogP contribution is -2.53. The van der Waals surface area contributed by atoms with Crippen molar-refractivity contribution in [3.8, 4) is 16.9 Å². The van der Waals surface area contributed by atoms with Crippen LogP contribution in [-0.4, -0.2) is 50.4 Å². The smallest absolute Gasteiger partial charge is 0.166 e. The van der Waals surface area contributed by atoms with Crippen molar-refractivity contribution in [3.63, 3.8) is 0 Å². The van der Waals surface area contributed by atoms with Crippen LogP contribution in [0.15, 0.2) is 60.7 Å². The number of hydrogen-bond donors (Lipinski definition) is 0. The molecule has 0 saturated carbocycles. The largest absolute Gasteiger partial charge is 0.489 e. The summed E-state index contributed by atoms with van der Waals surface area (Å²) in [5.74, 6) is -2.35. The lowest BCUT2D eigenvalue weighted by molar-refractivity contribution is 0.0637. The molecule has 3 aliphatic rings. The number of fused-ring (bicyclic) bond motifs is 2. The molecule has 3 aliphatic heterocycles. The molecule has 0 spiro atoms. The van der Waals surface area contributed by atoms with E-state index >= 15 is 4.39 Å². The molecule has 3 aromatic carbocycles. The second-order valence-electron chi connectivity index (χ2n) is 9.13. The van der Waals surface area contributed by atoms with Crippen molar-refractivity contribution in [3.05, 3.63) is 83.7 Å². The standard InChI is InChI=1S/C28H26F3N3O2/c1-18-15-25(32-9-12-35-13-10-32)21-6-4-5-20(22-16-19(29)17-23(30)27(22)31)28(21)34(18)33-11-14-36-26-8-3-2-7-24(26)33/h2-8,15-18H,9-14H2,1H3. The van der Waals surface area contributed by atoms with E-state index in [1.807, 2.05) is 36.4 Å². The number of ether oxygens (including phenoxy) is 2. The fourth-order valence-corrected chi connectivity index (χ4v) is 5.36. The first kappa shape index (κ1) is 22.8. The highest BCUT2D eigenvalue weighted by molar-refractivity contribution is 5.92. The maximum atomic E-state index is 15.2. The Labute approximate surface area is 207 Å². The maximum Gasteiger partial charge on any atom is 0.166 e. The molecule has 5 nitrogen and oxygen atoms in total. The molecule has 3 heterocycles. The Kier molecular flexibility index (Phi) is 5.76. The molecular weight excluding hydrogens is 467 g/mol. The number of anilines is 2. The minimum Gasteiger partial charge on any atom is -0.489 e. The summed E-state index contributed by atoms with van der Waals surface area (Å²) >= 11 is 0. The van der Waals surface area contributed by atoms with Crippen molar-refractivity contribution in [2.45, 2.75) is 13.0 Å². The molecule has 1 saturated heterocycles. The summed E-state index contributed by atoms with van der Waals surface area (Å²) in [5, 5.41) is 4.21. The van der Waals surface area contributed by atoms with Crippen molar-refractivity contribution in [2.75, 3.05) is 49.5 Å². The van der Waals surface area contributed by atoms with Gasteiger partial charge in [-0.05, 0) is 31.2 Å². The minimum atomic E-state index is -1.21. The van der Waals surface area contributed by atoms with Gasteiger partial charge in [0.05, 0.1) is 37.2 Å². The van der Waals surface area contributed by atoms with E-state index in [1.165, 1.54) is 0 Å². The molecule has 1 fully saturated rings. The highest BCUT2D eigenvalue weighted by Gasteiger charge is 2.36. The predicted octanol–water partition coefficient (Wildman–Crippen LogP) is 5.47. The van der Waals surface area contributed by atoms with Crippen molar-refractivity contribution < 1.29 is 22.6 Å². The zero-order valence-electron chi connectivity index (χ0n) is 19.9. The molecule has 3 aromatic rings. The molecule has 0 aromatic heterocycles. The van der Waals surface area contributed by atoms with E-state index in [0.29, 0.717) is 43.7 Å². The molecule has 0 radical (unpaired) electrons. The SMILES string of the molecule is CC1C=C(N2CCOCC2)c2cccc(-c3cc(F)cc(F)c3F)c2N1N1CCOc2ccccc21. The number of hydrazine groups is 1. The van der Waals surface area contributed by atoms with Gasteiger partial charge in [0.1, 0.15) is 18.2 Å². The van der Waals surface area contributed by atoms with Crippen LogP contribution in [0.5, 0.6) is 5.75 Å². The number of rotatable bonds is 3. The van der Waals surface area contributed by atoms with Crippen LogP contribution in [0.3, 0.4) is 0 Å². The van der Waals surface area contributed by atoms with Gasteiger partial charge in [-0.25, -0.2) is 13.2 Å². The highest BCUT2D eigenvalue weighted by Crippen LogP contribution is 2.46. The molecule has 0 bridgehead atoms. The molecule has 0 amide bonds. The molecule has 186 valence electrons. The summed E-state index contributed by atoms with van der Waals surface area (Å²) in [6, 6.07) is 14.8. The van der Waals surface area contributed by atoms with E-state index in [-0.39, 0.29) is 11.6 Å². The summed E-state index contributed by atoms with van der Waals surface area (Å²) in [6.07, 6.45) is 2.19. The summed E-state index contributed by atoms with van der Waals surface area (Å²) < 4.78 is 55.3. The average Bonchev–Trinajstić information content (AvgIpc) is 2.90. The van der Waals surface area contributed by atoms with E-state index < -0.39 is 17.5 Å². The Balaban J connectivity index is 1.58. The Morgan fingerprint density at radius 1 is 0.833 bits per heavy atom. The Morgan fingerprint density at radius 3 is 2.44 bits per heavy atom. The number of hydrogen-bond acceptors (Lipinski definition) is 5. The predicted molar refractivity (Wildman–Crippen MR) is 133 cm³/mol. The van der Waals surface area contributed by atoms with Crippen LogP contribution in [-0.2, 0) is 4.74 Å². The molecule has 0 aliphatic carbocycles. The Hall–Kier alpha value is -3.65. The number of halogens is 3. The number of nitrogens with zero attached hydrogens (tertiary/aromatic N) is 3. The number of benzene rings is 3. The van der Waals surface area contributed by atoms with E-state index in [4.69, 9.17) is 9.47 Å². The van der Waals surface area contributed by atoms with Crippen LogP contribution >= 0.6 is 0 Å². The third kappa shape index (κ3) is 3.76. The topological polar surface area (TPSA) is 28.2 Å². The normalized spacial score (nSPS) is 19.4. The van der Waals surface area contributed by atoms with E-state index in [2.05, 4.69) is 27.9 Å². The van der Waals surface area contributed by atoms with Crippen molar-refractivity contribution in [2.24, 2.45) is 0 Å². The third-order valence-corrected chi connectivity index (χ3v) is 6.92. The van der Waals surface area contributed by atoms with Gasteiger partial charge in [-0.15, -0.1) is 0 Å². The molecule has 1 atom stereocenters. The first-order valence-corrected chi connectivity index (χ1v) is 12.1. The van der Waals surface area contributed by atoms with Crippen molar-refractivity contribution >= 4 is 17.1 Å². The van der Waals surface area contributed by atoms with Crippen LogP contribution in [0.1, 0.15) is 12.5 Å². The van der Waals surface area contributed by atoms with Crippen LogP contribution in [0.25, 0.3) is 16.8 Å². The van der Waals surface area contributed by atoms with Gasteiger partial charge in [-0.3, -0.25) is 10.0 Å². The van der Waals surface area contributed by atoms with Crippen molar-refractivity contribution in [1.82, 2.24) is 4.90 Å². The summed E-state index contributed by atoms with van der Waals surface area (Å²) in [7, 11) is 0. The molecule has 36 heavy (non-hydrogen) atoms. The van der Waals surface area contributed by atoms with E-state index in [1.54, 1.807) is 6.07 Å². The van der Waals surface area contributed by atoms with Gasteiger partial charge < -0.3 is 14.4 Å². The Morgan fingerprint density at radius 2 is 1.61 bits per heavy atom. The maximum absolute atomic E-state index is 15.2. The molecular formula is C28H26F3N3O2. The van der Waals surface area contributed by atoms with Gasteiger partial charge in [0.15, 0.2) is 11.6 Å². The Bertz CT molecular complexity index is 1340. The van der Waals surface area contributed by atoms with Gasteiger partial charge in [0, 0.05) is 41.5 Å². The fourth-order valence-electron chi connectivity index (χ4n) is 5.36. The van der Waals surface area contributed by atoms with E-state index in [9.17, 15) is 8.78 Å². The molecule has 6 rings (SSSR count). The first-order chi connectivity index (χ1) is 17.5. The zero-order chi connectivity index (χ0) is 24.8. The monoisotopic (exact) mass is 493 g/mol.